The van der Waals surface area contributed by atoms with Gasteiger partial charge in [0.05, 0.1) is 10.7 Å². The quantitative estimate of drug-likeness (QED) is 0.193. The number of carbonyl (C=O) groups excluding carboxylic acids is 3. The zero-order valence-corrected chi connectivity index (χ0v) is 28.7. The van der Waals surface area contributed by atoms with Gasteiger partial charge in [-0.2, -0.15) is 11.8 Å². The van der Waals surface area contributed by atoms with E-state index in [4.69, 9.17) is 16.3 Å². The van der Waals surface area contributed by atoms with Crippen molar-refractivity contribution in [3.8, 4) is 0 Å². The van der Waals surface area contributed by atoms with Gasteiger partial charge in [0, 0.05) is 6.54 Å². The number of thioether (sulfide) groups is 1. The summed E-state index contributed by atoms with van der Waals surface area (Å²) in [5.41, 5.74) is 3.32. The minimum Gasteiger partial charge on any atom is -0.444 e. The Labute approximate surface area is 267 Å². The number of aryl methyl sites for hydroxylation is 2. The molecule has 0 fully saturated rings. The van der Waals surface area contributed by atoms with Crippen molar-refractivity contribution in [2.75, 3.05) is 23.9 Å². The van der Waals surface area contributed by atoms with Gasteiger partial charge in [0.2, 0.25) is 5.91 Å². The summed E-state index contributed by atoms with van der Waals surface area (Å²) in [6.07, 6.45) is 6.61. The highest BCUT2D eigenvalue weighted by Crippen LogP contribution is 2.32. The van der Waals surface area contributed by atoms with Crippen molar-refractivity contribution >= 4 is 47.0 Å². The van der Waals surface area contributed by atoms with Crippen LogP contribution in [0.1, 0.15) is 94.5 Å². The molecule has 0 saturated carbocycles. The van der Waals surface area contributed by atoms with Gasteiger partial charge in [0.25, 0.3) is 5.91 Å². The summed E-state index contributed by atoms with van der Waals surface area (Å²) in [6, 6.07) is 9.46. The number of rotatable bonds is 15. The number of nitrogens with one attached hydrogen (secondary N) is 2. The highest BCUT2D eigenvalue weighted by molar-refractivity contribution is 7.98. The average molecular weight is 632 g/mol. The number of para-hydroxylation sites is 1. The summed E-state index contributed by atoms with van der Waals surface area (Å²) < 4.78 is 5.51. The first-order valence-electron chi connectivity index (χ1n) is 15.2. The Kier molecular flexibility index (Phi) is 14.9. The van der Waals surface area contributed by atoms with Gasteiger partial charge in [-0.3, -0.25) is 9.59 Å². The fourth-order valence-electron chi connectivity index (χ4n) is 4.90. The molecule has 2 N–H and O–H groups in total. The van der Waals surface area contributed by atoms with Crippen LogP contribution < -0.4 is 10.6 Å². The van der Waals surface area contributed by atoms with E-state index in [1.54, 1.807) is 43.5 Å². The number of hydrogen-bond acceptors (Lipinski definition) is 5. The van der Waals surface area contributed by atoms with E-state index in [9.17, 15) is 14.4 Å². The molecule has 2 aromatic carbocycles. The third-order valence-electron chi connectivity index (χ3n) is 7.36. The van der Waals surface area contributed by atoms with Crippen molar-refractivity contribution in [2.24, 2.45) is 0 Å². The normalized spacial score (nSPS) is 12.8. The van der Waals surface area contributed by atoms with Crippen LogP contribution in [0.25, 0.3) is 0 Å². The number of benzene rings is 2. The predicted octanol–water partition coefficient (Wildman–Crippen LogP) is 8.39. The molecule has 2 aromatic rings. The van der Waals surface area contributed by atoms with E-state index >= 15 is 0 Å². The Morgan fingerprint density at radius 3 is 2.26 bits per heavy atom. The van der Waals surface area contributed by atoms with Crippen LogP contribution in [0.5, 0.6) is 0 Å². The second kappa shape index (κ2) is 17.6. The second-order valence-corrected chi connectivity index (χ2v) is 13.4. The minimum absolute atomic E-state index is 0.313. The van der Waals surface area contributed by atoms with E-state index in [1.165, 1.54) is 0 Å². The number of nitrogens with zero attached hydrogens (tertiary/aromatic N) is 1. The van der Waals surface area contributed by atoms with Crippen LogP contribution in [0.2, 0.25) is 5.02 Å². The maximum atomic E-state index is 14.5. The molecule has 9 heteroatoms. The lowest BCUT2D eigenvalue weighted by Gasteiger charge is -2.35. The number of anilines is 1. The van der Waals surface area contributed by atoms with Gasteiger partial charge in [-0.25, -0.2) is 4.79 Å². The molecule has 2 atom stereocenters. The number of alkyl carbamates (subject to hydrolysis) is 1. The van der Waals surface area contributed by atoms with Crippen molar-refractivity contribution in [3.63, 3.8) is 0 Å². The second-order valence-electron chi connectivity index (χ2n) is 12.0. The first-order valence-corrected chi connectivity index (χ1v) is 17.0. The lowest BCUT2D eigenvalue weighted by atomic mass is 9.94. The molecule has 0 heterocycles. The topological polar surface area (TPSA) is 87.7 Å². The summed E-state index contributed by atoms with van der Waals surface area (Å²) in [5, 5.41) is 6.29. The van der Waals surface area contributed by atoms with Crippen LogP contribution in [0.3, 0.4) is 0 Å². The molecule has 238 valence electrons. The molecule has 0 bridgehead atoms. The standard InChI is InChI=1S/C34H50ClN3O4S/c1-9-10-11-12-13-21-38(32(40)28(20-22-43-8)36-33(41)42-34(5,6)7)30(26-18-14-16-23(2)25(26)4)31(39)37-29-24(3)17-15-19-27(29)35/h14-19,28,30H,9-13,20-22H2,1-8H3,(H,36,41)(H,37,39). The number of halogens is 1. The van der Waals surface area contributed by atoms with Gasteiger partial charge in [0.1, 0.15) is 17.7 Å². The molecule has 43 heavy (non-hydrogen) atoms. The van der Waals surface area contributed by atoms with Crippen LogP contribution in [-0.2, 0) is 14.3 Å². The third kappa shape index (κ3) is 11.4. The van der Waals surface area contributed by atoms with Crippen molar-refractivity contribution in [1.82, 2.24) is 10.2 Å². The van der Waals surface area contributed by atoms with E-state index in [2.05, 4.69) is 17.6 Å². The summed E-state index contributed by atoms with van der Waals surface area (Å²) in [5.74, 6) is -0.0181. The Hall–Kier alpha value is -2.71. The summed E-state index contributed by atoms with van der Waals surface area (Å²) in [6.45, 7) is 13.7. The van der Waals surface area contributed by atoms with Gasteiger partial charge in [-0.15, -0.1) is 0 Å². The Balaban J connectivity index is 2.62. The maximum Gasteiger partial charge on any atom is 0.408 e. The largest absolute Gasteiger partial charge is 0.444 e. The highest BCUT2D eigenvalue weighted by atomic mass is 35.5. The van der Waals surface area contributed by atoms with Gasteiger partial charge < -0.3 is 20.3 Å². The lowest BCUT2D eigenvalue weighted by Crippen LogP contribution is -2.53. The van der Waals surface area contributed by atoms with Crippen LogP contribution in [0.4, 0.5) is 10.5 Å². The average Bonchev–Trinajstić information content (AvgIpc) is 2.93. The van der Waals surface area contributed by atoms with E-state index in [0.29, 0.717) is 29.4 Å². The molecule has 0 radical (unpaired) electrons. The minimum atomic E-state index is -0.938. The van der Waals surface area contributed by atoms with E-state index in [0.717, 1.165) is 54.4 Å². The molecule has 2 unspecified atom stereocenters. The molecule has 0 aliphatic rings. The number of carbonyl (C=O) groups is 3. The first kappa shape index (κ1) is 36.5. The van der Waals surface area contributed by atoms with Crippen molar-refractivity contribution in [2.45, 2.75) is 105 Å². The first-order chi connectivity index (χ1) is 20.3. The SMILES string of the molecule is CCCCCCCN(C(=O)C(CCSC)NC(=O)OC(C)(C)C)C(C(=O)Nc1c(C)cccc1Cl)c1cccc(C)c1C. The van der Waals surface area contributed by atoms with E-state index in [1.807, 2.05) is 57.4 Å². The third-order valence-corrected chi connectivity index (χ3v) is 8.32. The van der Waals surface area contributed by atoms with Crippen LogP contribution in [0.15, 0.2) is 36.4 Å². The van der Waals surface area contributed by atoms with Crippen LogP contribution >= 0.6 is 23.4 Å². The summed E-state index contributed by atoms with van der Waals surface area (Å²) >= 11 is 8.10. The summed E-state index contributed by atoms with van der Waals surface area (Å²) in [7, 11) is 0. The van der Waals surface area contributed by atoms with E-state index in [-0.39, 0.29) is 11.8 Å². The molecule has 2 rings (SSSR count). The van der Waals surface area contributed by atoms with Gasteiger partial charge in [0.15, 0.2) is 0 Å². The smallest absolute Gasteiger partial charge is 0.408 e. The Morgan fingerprint density at radius 1 is 0.977 bits per heavy atom. The van der Waals surface area contributed by atoms with E-state index < -0.39 is 23.8 Å². The fourth-order valence-corrected chi connectivity index (χ4v) is 5.64. The van der Waals surface area contributed by atoms with Crippen molar-refractivity contribution in [1.29, 1.82) is 0 Å². The molecule has 0 spiro atoms. The lowest BCUT2D eigenvalue weighted by molar-refractivity contribution is -0.141. The van der Waals surface area contributed by atoms with Crippen LogP contribution in [0, 0.1) is 20.8 Å². The molecule has 0 aromatic heterocycles. The number of ether oxygens (including phenoxy) is 1. The molecule has 3 amide bonds. The highest BCUT2D eigenvalue weighted by Gasteiger charge is 2.37. The van der Waals surface area contributed by atoms with Crippen LogP contribution in [-0.4, -0.2) is 53.0 Å². The predicted molar refractivity (Wildman–Crippen MR) is 180 cm³/mol. The van der Waals surface area contributed by atoms with Gasteiger partial charge in [-0.1, -0.05) is 74.5 Å². The summed E-state index contributed by atoms with van der Waals surface area (Å²) in [4.78, 5) is 43.4. The Morgan fingerprint density at radius 2 is 1.63 bits per heavy atom. The fraction of sp³-hybridized carbons (Fsp3) is 0.559. The van der Waals surface area contributed by atoms with Crippen molar-refractivity contribution < 1.29 is 19.1 Å². The monoisotopic (exact) mass is 631 g/mol. The maximum absolute atomic E-state index is 14.5. The molecule has 0 saturated heterocycles. The molecule has 7 nitrogen and oxygen atoms in total. The zero-order valence-electron chi connectivity index (χ0n) is 27.1. The number of amides is 3. The zero-order chi connectivity index (χ0) is 32.2. The van der Waals surface area contributed by atoms with Gasteiger partial charge >= 0.3 is 6.09 Å². The molecule has 0 aliphatic heterocycles. The number of unbranched alkanes of at least 4 members (excludes halogenated alkanes) is 4. The molecule has 0 aliphatic carbocycles. The molecular weight excluding hydrogens is 582 g/mol. The van der Waals surface area contributed by atoms with Gasteiger partial charge in [-0.05, 0) is 94.7 Å². The molecular formula is C34H50ClN3O4S. The van der Waals surface area contributed by atoms with Crippen molar-refractivity contribution in [3.05, 3.63) is 63.7 Å². The number of hydrogen-bond donors (Lipinski definition) is 2. The Bertz CT molecular complexity index is 1210.